The molecule has 5 heteroatoms. The van der Waals surface area contributed by atoms with Crippen LogP contribution in [-0.4, -0.2) is 61.5 Å². The highest BCUT2D eigenvalue weighted by Gasteiger charge is 2.30. The topological polar surface area (TPSA) is 50.6 Å². The van der Waals surface area contributed by atoms with Gasteiger partial charge >= 0.3 is 0 Å². The molecule has 0 aromatic heterocycles. The summed E-state index contributed by atoms with van der Waals surface area (Å²) in [5.41, 5.74) is 3.98. The van der Waals surface area contributed by atoms with Crippen LogP contribution in [0.4, 0.5) is 5.69 Å². The highest BCUT2D eigenvalue weighted by Crippen LogP contribution is 2.25. The fraction of sp³-hybridized carbons (Fsp3) is 0.619. The van der Waals surface area contributed by atoms with Gasteiger partial charge in [0.25, 0.3) is 0 Å². The van der Waals surface area contributed by atoms with Crippen LogP contribution in [0.1, 0.15) is 30.4 Å². The highest BCUT2D eigenvalue weighted by molar-refractivity contribution is 5.79. The molecule has 0 atom stereocenters. The number of piperidine rings is 1. The third-order valence-electron chi connectivity index (χ3n) is 5.98. The lowest BCUT2D eigenvalue weighted by Crippen LogP contribution is -2.51. The summed E-state index contributed by atoms with van der Waals surface area (Å²) in [6, 6.07) is 8.67. The van der Waals surface area contributed by atoms with Crippen LogP contribution in [0.2, 0.25) is 0 Å². The molecule has 0 spiro atoms. The van der Waals surface area contributed by atoms with E-state index in [-0.39, 0.29) is 5.92 Å². The number of amides is 1. The summed E-state index contributed by atoms with van der Waals surface area (Å²) in [5, 5.41) is 8.70. The Hall–Kier alpha value is -2.06. The molecule has 26 heavy (non-hydrogen) atoms. The number of aryl methyl sites for hydroxylation is 1. The number of nitriles is 1. The number of carbonyl (C=O) groups excluding carboxylic acids is 1. The Morgan fingerprint density at radius 3 is 2.46 bits per heavy atom. The SMILES string of the molecule is Cc1cccc(N2CCN(C(=O)C3CCN(CCC#N)CC3)CC2)c1C. The Balaban J connectivity index is 1.50. The van der Waals surface area contributed by atoms with Gasteiger partial charge in [-0.2, -0.15) is 5.26 Å². The molecule has 2 aliphatic heterocycles. The predicted molar refractivity (Wildman–Crippen MR) is 104 cm³/mol. The van der Waals surface area contributed by atoms with Crippen LogP contribution in [0.3, 0.4) is 0 Å². The van der Waals surface area contributed by atoms with Gasteiger partial charge in [-0.05, 0) is 57.0 Å². The molecule has 140 valence electrons. The molecule has 3 rings (SSSR count). The van der Waals surface area contributed by atoms with Crippen LogP contribution < -0.4 is 4.90 Å². The quantitative estimate of drug-likeness (QED) is 0.834. The Morgan fingerprint density at radius 1 is 1.12 bits per heavy atom. The number of nitrogens with zero attached hydrogens (tertiary/aromatic N) is 4. The third-order valence-corrected chi connectivity index (χ3v) is 5.98. The minimum atomic E-state index is 0.167. The number of rotatable bonds is 4. The standard InChI is InChI=1S/C21H30N4O/c1-17-5-3-6-20(18(17)2)24-13-15-25(16-14-24)21(26)19-7-11-23(12-8-19)10-4-9-22/h3,5-6,19H,4,7-8,10-16H2,1-2H3. The minimum absolute atomic E-state index is 0.167. The minimum Gasteiger partial charge on any atom is -0.368 e. The largest absolute Gasteiger partial charge is 0.368 e. The Morgan fingerprint density at radius 2 is 1.81 bits per heavy atom. The van der Waals surface area contributed by atoms with E-state index in [1.54, 1.807) is 0 Å². The Kier molecular flexibility index (Phi) is 6.16. The second kappa shape index (κ2) is 8.55. The molecule has 0 bridgehead atoms. The molecule has 0 aliphatic carbocycles. The third kappa shape index (κ3) is 4.19. The lowest BCUT2D eigenvalue weighted by Gasteiger charge is -2.39. The van der Waals surface area contributed by atoms with Gasteiger partial charge in [-0.25, -0.2) is 0 Å². The van der Waals surface area contributed by atoms with Crippen LogP contribution in [0, 0.1) is 31.1 Å². The normalized spacial score (nSPS) is 19.4. The van der Waals surface area contributed by atoms with Crippen molar-refractivity contribution in [2.45, 2.75) is 33.1 Å². The molecule has 2 saturated heterocycles. The maximum atomic E-state index is 12.9. The van der Waals surface area contributed by atoms with E-state index in [9.17, 15) is 4.79 Å². The van der Waals surface area contributed by atoms with Gasteiger partial charge in [0.15, 0.2) is 0 Å². The van der Waals surface area contributed by atoms with E-state index in [1.165, 1.54) is 16.8 Å². The summed E-state index contributed by atoms with van der Waals surface area (Å²) in [4.78, 5) is 19.7. The molecule has 0 unspecified atom stereocenters. The van der Waals surface area contributed by atoms with E-state index >= 15 is 0 Å². The first-order chi connectivity index (χ1) is 12.6. The zero-order chi connectivity index (χ0) is 18.5. The van der Waals surface area contributed by atoms with E-state index in [2.05, 4.69) is 52.8 Å². The summed E-state index contributed by atoms with van der Waals surface area (Å²) in [7, 11) is 0. The summed E-state index contributed by atoms with van der Waals surface area (Å²) in [6.45, 7) is 10.5. The molecule has 0 radical (unpaired) electrons. The maximum absolute atomic E-state index is 12.9. The van der Waals surface area contributed by atoms with Crippen LogP contribution >= 0.6 is 0 Å². The van der Waals surface area contributed by atoms with Gasteiger partial charge < -0.3 is 14.7 Å². The summed E-state index contributed by atoms with van der Waals surface area (Å²) in [6.07, 6.45) is 2.45. The molecule has 0 saturated carbocycles. The number of likely N-dealkylation sites (tertiary alicyclic amines) is 1. The van der Waals surface area contributed by atoms with Crippen LogP contribution in [0.25, 0.3) is 0 Å². The molecule has 1 amide bonds. The lowest BCUT2D eigenvalue weighted by molar-refractivity contribution is -0.137. The molecule has 1 aromatic rings. The zero-order valence-corrected chi connectivity index (χ0v) is 16.1. The molecule has 1 aromatic carbocycles. The van der Waals surface area contributed by atoms with E-state index in [4.69, 9.17) is 5.26 Å². The van der Waals surface area contributed by atoms with Gasteiger partial charge in [-0.15, -0.1) is 0 Å². The maximum Gasteiger partial charge on any atom is 0.225 e. The summed E-state index contributed by atoms with van der Waals surface area (Å²) in [5.74, 6) is 0.506. The second-order valence-corrected chi connectivity index (χ2v) is 7.56. The van der Waals surface area contributed by atoms with Crippen molar-refractivity contribution in [3.8, 4) is 6.07 Å². The van der Waals surface area contributed by atoms with Crippen molar-refractivity contribution in [2.75, 3.05) is 50.7 Å². The van der Waals surface area contributed by atoms with Crippen molar-refractivity contribution in [2.24, 2.45) is 5.92 Å². The van der Waals surface area contributed by atoms with E-state index < -0.39 is 0 Å². The van der Waals surface area contributed by atoms with Gasteiger partial charge in [0.05, 0.1) is 6.07 Å². The average Bonchev–Trinajstić information content (AvgIpc) is 2.68. The van der Waals surface area contributed by atoms with Crippen molar-refractivity contribution < 1.29 is 4.79 Å². The van der Waals surface area contributed by atoms with Crippen LogP contribution in [-0.2, 0) is 4.79 Å². The van der Waals surface area contributed by atoms with E-state index in [1.807, 2.05) is 0 Å². The average molecular weight is 354 g/mol. The van der Waals surface area contributed by atoms with Crippen LogP contribution in [0.15, 0.2) is 18.2 Å². The molecular formula is C21H30N4O. The van der Waals surface area contributed by atoms with Crippen molar-refractivity contribution in [3.63, 3.8) is 0 Å². The number of hydrogen-bond acceptors (Lipinski definition) is 4. The van der Waals surface area contributed by atoms with Gasteiger partial charge in [0, 0.05) is 50.7 Å². The first-order valence-electron chi connectivity index (χ1n) is 9.79. The molecule has 2 aliphatic rings. The Bertz CT molecular complexity index is 665. The molecule has 2 heterocycles. The number of piperazine rings is 1. The molecule has 5 nitrogen and oxygen atoms in total. The monoisotopic (exact) mass is 354 g/mol. The Labute approximate surface area is 157 Å². The molecular weight excluding hydrogens is 324 g/mol. The first-order valence-corrected chi connectivity index (χ1v) is 9.79. The highest BCUT2D eigenvalue weighted by atomic mass is 16.2. The zero-order valence-electron chi connectivity index (χ0n) is 16.1. The summed E-state index contributed by atoms with van der Waals surface area (Å²) < 4.78 is 0. The van der Waals surface area contributed by atoms with Crippen molar-refractivity contribution in [1.82, 2.24) is 9.80 Å². The predicted octanol–water partition coefficient (Wildman–Crippen LogP) is 2.58. The lowest BCUT2D eigenvalue weighted by atomic mass is 9.95. The number of carbonyl (C=O) groups is 1. The first kappa shape index (κ1) is 18.7. The van der Waals surface area contributed by atoms with Crippen molar-refractivity contribution in [1.29, 1.82) is 5.26 Å². The second-order valence-electron chi connectivity index (χ2n) is 7.56. The smallest absolute Gasteiger partial charge is 0.225 e. The fourth-order valence-electron chi connectivity index (χ4n) is 4.12. The number of anilines is 1. The van der Waals surface area contributed by atoms with Crippen LogP contribution in [0.5, 0.6) is 0 Å². The van der Waals surface area contributed by atoms with E-state index in [0.29, 0.717) is 12.3 Å². The number of benzene rings is 1. The van der Waals surface area contributed by atoms with Gasteiger partial charge in [-0.3, -0.25) is 4.79 Å². The van der Waals surface area contributed by atoms with Crippen molar-refractivity contribution in [3.05, 3.63) is 29.3 Å². The van der Waals surface area contributed by atoms with Gasteiger partial charge in [0.1, 0.15) is 0 Å². The molecule has 0 N–H and O–H groups in total. The fourth-order valence-corrected chi connectivity index (χ4v) is 4.12. The molecule has 2 fully saturated rings. The van der Waals surface area contributed by atoms with Gasteiger partial charge in [-0.1, -0.05) is 12.1 Å². The van der Waals surface area contributed by atoms with Crippen molar-refractivity contribution >= 4 is 11.6 Å². The van der Waals surface area contributed by atoms with Gasteiger partial charge in [0.2, 0.25) is 5.91 Å². The summed E-state index contributed by atoms with van der Waals surface area (Å²) >= 11 is 0. The van der Waals surface area contributed by atoms with E-state index in [0.717, 1.165) is 58.7 Å². The number of hydrogen-bond donors (Lipinski definition) is 0.